The molecule has 1 N–H and O–H groups in total. The quantitative estimate of drug-likeness (QED) is 0.861. The first-order valence-electron chi connectivity index (χ1n) is 5.65. The zero-order valence-electron chi connectivity index (χ0n) is 9.46. The Bertz CT molecular complexity index is 388. The van der Waals surface area contributed by atoms with E-state index in [1.165, 1.54) is 12.3 Å². The van der Waals surface area contributed by atoms with Crippen LogP contribution in [0.5, 0.6) is 5.75 Å². The molecule has 1 aliphatic heterocycles. The molecule has 2 rings (SSSR count). The van der Waals surface area contributed by atoms with Crippen LogP contribution in [0.25, 0.3) is 0 Å². The number of hydrogen-bond donors (Lipinski definition) is 1. The zero-order chi connectivity index (χ0) is 12.1. The lowest BCUT2D eigenvalue weighted by Crippen LogP contribution is -2.21. The lowest BCUT2D eigenvalue weighted by atomic mass is 10.0. The monoisotopic (exact) mass is 237 g/mol. The van der Waals surface area contributed by atoms with Crippen molar-refractivity contribution in [2.75, 3.05) is 19.8 Å². The van der Waals surface area contributed by atoms with Gasteiger partial charge in [-0.25, -0.2) is 9.78 Å². The van der Waals surface area contributed by atoms with Crippen LogP contribution in [0.4, 0.5) is 0 Å². The highest BCUT2D eigenvalue weighted by Gasteiger charge is 2.14. The maximum atomic E-state index is 10.7. The molecule has 1 saturated heterocycles. The molecule has 1 aromatic rings. The number of rotatable bonds is 4. The molecular formula is C12H15NO4. The standard InChI is InChI=1S/C12H15NO4/c14-12(15)11-7-10(1-4-13-11)17-8-9-2-5-16-6-3-9/h1,4,7,9H,2-3,5-6,8H2,(H,14,15). The van der Waals surface area contributed by atoms with Crippen molar-refractivity contribution in [3.05, 3.63) is 24.0 Å². The highest BCUT2D eigenvalue weighted by Crippen LogP contribution is 2.18. The van der Waals surface area contributed by atoms with E-state index in [0.29, 0.717) is 18.3 Å². The first kappa shape index (κ1) is 11.9. The van der Waals surface area contributed by atoms with Crippen LogP contribution in [0.1, 0.15) is 23.3 Å². The molecule has 0 aliphatic carbocycles. The van der Waals surface area contributed by atoms with Gasteiger partial charge in [0.2, 0.25) is 0 Å². The third-order valence-electron chi connectivity index (χ3n) is 2.78. The third kappa shape index (κ3) is 3.42. The van der Waals surface area contributed by atoms with E-state index in [4.69, 9.17) is 14.6 Å². The molecule has 0 spiro atoms. The number of carboxylic acid groups (broad SMARTS) is 1. The van der Waals surface area contributed by atoms with Crippen LogP contribution >= 0.6 is 0 Å². The number of ether oxygens (including phenoxy) is 2. The maximum Gasteiger partial charge on any atom is 0.354 e. The Balaban J connectivity index is 1.89. The summed E-state index contributed by atoms with van der Waals surface area (Å²) in [6.45, 7) is 2.17. The van der Waals surface area contributed by atoms with E-state index in [1.54, 1.807) is 6.07 Å². The predicted octanol–water partition coefficient (Wildman–Crippen LogP) is 1.59. The average molecular weight is 237 g/mol. The molecule has 0 unspecified atom stereocenters. The fourth-order valence-electron chi connectivity index (χ4n) is 1.75. The number of nitrogens with zero attached hydrogens (tertiary/aromatic N) is 1. The molecule has 0 amide bonds. The Morgan fingerprint density at radius 3 is 3.00 bits per heavy atom. The number of hydrogen-bond acceptors (Lipinski definition) is 4. The number of pyridine rings is 1. The molecule has 0 saturated carbocycles. The van der Waals surface area contributed by atoms with Crippen molar-refractivity contribution in [2.24, 2.45) is 5.92 Å². The van der Waals surface area contributed by atoms with E-state index in [2.05, 4.69) is 4.98 Å². The molecule has 0 atom stereocenters. The van der Waals surface area contributed by atoms with Crippen molar-refractivity contribution in [3.63, 3.8) is 0 Å². The van der Waals surface area contributed by atoms with Crippen molar-refractivity contribution in [1.29, 1.82) is 0 Å². The van der Waals surface area contributed by atoms with Gasteiger partial charge in [-0.3, -0.25) is 0 Å². The topological polar surface area (TPSA) is 68.7 Å². The summed E-state index contributed by atoms with van der Waals surface area (Å²) in [5, 5.41) is 8.79. The van der Waals surface area contributed by atoms with Gasteiger partial charge in [-0.15, -0.1) is 0 Å². The molecule has 17 heavy (non-hydrogen) atoms. The van der Waals surface area contributed by atoms with Gasteiger partial charge in [0.05, 0.1) is 6.61 Å². The Hall–Kier alpha value is -1.62. The van der Waals surface area contributed by atoms with Crippen LogP contribution in [0.3, 0.4) is 0 Å². The van der Waals surface area contributed by atoms with E-state index in [9.17, 15) is 4.79 Å². The van der Waals surface area contributed by atoms with Crippen molar-refractivity contribution in [1.82, 2.24) is 4.98 Å². The van der Waals surface area contributed by atoms with E-state index in [-0.39, 0.29) is 5.69 Å². The highest BCUT2D eigenvalue weighted by atomic mass is 16.5. The summed E-state index contributed by atoms with van der Waals surface area (Å²) >= 11 is 0. The first-order chi connectivity index (χ1) is 8.25. The van der Waals surface area contributed by atoms with Gasteiger partial charge in [-0.2, -0.15) is 0 Å². The molecule has 0 aromatic carbocycles. The van der Waals surface area contributed by atoms with E-state index in [0.717, 1.165) is 26.1 Å². The average Bonchev–Trinajstić information content (AvgIpc) is 2.38. The van der Waals surface area contributed by atoms with Crippen molar-refractivity contribution < 1.29 is 19.4 Å². The summed E-state index contributed by atoms with van der Waals surface area (Å²) < 4.78 is 10.8. The zero-order valence-corrected chi connectivity index (χ0v) is 9.46. The van der Waals surface area contributed by atoms with Crippen LogP contribution in [-0.4, -0.2) is 35.9 Å². The van der Waals surface area contributed by atoms with Crippen LogP contribution in [0.15, 0.2) is 18.3 Å². The first-order valence-corrected chi connectivity index (χ1v) is 5.65. The molecule has 0 bridgehead atoms. The lowest BCUT2D eigenvalue weighted by molar-refractivity contribution is 0.0497. The van der Waals surface area contributed by atoms with Crippen LogP contribution in [0.2, 0.25) is 0 Å². The Morgan fingerprint density at radius 2 is 2.29 bits per heavy atom. The molecule has 2 heterocycles. The third-order valence-corrected chi connectivity index (χ3v) is 2.78. The molecule has 1 aliphatic rings. The Labute approximate surface area is 99.4 Å². The second-order valence-electron chi connectivity index (χ2n) is 4.05. The van der Waals surface area contributed by atoms with Gasteiger partial charge in [0.15, 0.2) is 5.69 Å². The van der Waals surface area contributed by atoms with Gasteiger partial charge in [0.1, 0.15) is 5.75 Å². The summed E-state index contributed by atoms with van der Waals surface area (Å²) in [4.78, 5) is 14.5. The predicted molar refractivity (Wildman–Crippen MR) is 60.2 cm³/mol. The molecular weight excluding hydrogens is 222 g/mol. The summed E-state index contributed by atoms with van der Waals surface area (Å²) in [6.07, 6.45) is 3.44. The van der Waals surface area contributed by atoms with E-state index >= 15 is 0 Å². The second-order valence-corrected chi connectivity index (χ2v) is 4.05. The van der Waals surface area contributed by atoms with Crippen LogP contribution in [-0.2, 0) is 4.74 Å². The largest absolute Gasteiger partial charge is 0.493 e. The van der Waals surface area contributed by atoms with Crippen molar-refractivity contribution in [2.45, 2.75) is 12.8 Å². The Kier molecular flexibility index (Phi) is 3.93. The fourth-order valence-corrected chi connectivity index (χ4v) is 1.75. The molecule has 1 fully saturated rings. The molecule has 5 heteroatoms. The number of carbonyl (C=O) groups is 1. The number of carboxylic acids is 1. The van der Waals surface area contributed by atoms with E-state index in [1.807, 2.05) is 0 Å². The summed E-state index contributed by atoms with van der Waals surface area (Å²) in [5.74, 6) is 0.00982. The van der Waals surface area contributed by atoms with Gasteiger partial charge < -0.3 is 14.6 Å². The minimum absolute atomic E-state index is 0.00878. The minimum Gasteiger partial charge on any atom is -0.493 e. The van der Waals surface area contributed by atoms with Gasteiger partial charge in [-0.05, 0) is 24.8 Å². The summed E-state index contributed by atoms with van der Waals surface area (Å²) in [7, 11) is 0. The maximum absolute atomic E-state index is 10.7. The smallest absolute Gasteiger partial charge is 0.354 e. The molecule has 5 nitrogen and oxygen atoms in total. The van der Waals surface area contributed by atoms with Crippen LogP contribution < -0.4 is 4.74 Å². The normalized spacial score (nSPS) is 16.7. The van der Waals surface area contributed by atoms with E-state index < -0.39 is 5.97 Å². The van der Waals surface area contributed by atoms with Crippen molar-refractivity contribution in [3.8, 4) is 5.75 Å². The van der Waals surface area contributed by atoms with Gasteiger partial charge in [0.25, 0.3) is 0 Å². The SMILES string of the molecule is O=C(O)c1cc(OCC2CCOCC2)ccn1. The Morgan fingerprint density at radius 1 is 1.53 bits per heavy atom. The number of aromatic nitrogens is 1. The lowest BCUT2D eigenvalue weighted by Gasteiger charge is -2.22. The fraction of sp³-hybridized carbons (Fsp3) is 0.500. The number of aromatic carboxylic acids is 1. The highest BCUT2D eigenvalue weighted by molar-refractivity contribution is 5.85. The van der Waals surface area contributed by atoms with Gasteiger partial charge in [-0.1, -0.05) is 0 Å². The van der Waals surface area contributed by atoms with Gasteiger partial charge >= 0.3 is 5.97 Å². The second kappa shape index (κ2) is 5.63. The van der Waals surface area contributed by atoms with Crippen molar-refractivity contribution >= 4 is 5.97 Å². The molecule has 92 valence electrons. The summed E-state index contributed by atoms with van der Waals surface area (Å²) in [6, 6.07) is 3.12. The molecule has 1 aromatic heterocycles. The van der Waals surface area contributed by atoms with Crippen LogP contribution in [0, 0.1) is 5.92 Å². The minimum atomic E-state index is -1.04. The van der Waals surface area contributed by atoms with Gasteiger partial charge in [0, 0.05) is 25.5 Å². The molecule has 0 radical (unpaired) electrons. The summed E-state index contributed by atoms with van der Waals surface area (Å²) in [5.41, 5.74) is 0.00878.